The van der Waals surface area contributed by atoms with Gasteiger partial charge >= 0.3 is 0 Å². The number of carbonyl (C=O) groups excluding carboxylic acids is 1. The van der Waals surface area contributed by atoms with Gasteiger partial charge in [-0.25, -0.2) is 4.98 Å². The topological polar surface area (TPSA) is 42.4 Å². The number of nitrogens with zero attached hydrogens (tertiary/aromatic N) is 2. The van der Waals surface area contributed by atoms with E-state index < -0.39 is 0 Å². The lowest BCUT2D eigenvalue weighted by Crippen LogP contribution is -2.56. The van der Waals surface area contributed by atoms with Gasteiger partial charge in [-0.2, -0.15) is 0 Å². The van der Waals surface area contributed by atoms with Crippen LogP contribution >= 0.6 is 22.9 Å². The molecule has 5 fully saturated rings. The first-order valence-electron chi connectivity index (χ1n) is 11.1. The molecule has 4 nitrogen and oxygen atoms in total. The summed E-state index contributed by atoms with van der Waals surface area (Å²) < 4.78 is 7.24. The van der Waals surface area contributed by atoms with E-state index in [1.165, 1.54) is 19.3 Å². The van der Waals surface area contributed by atoms with Gasteiger partial charge in [0.2, 0.25) is 5.91 Å². The Bertz CT molecular complexity index is 914. The van der Waals surface area contributed by atoms with E-state index in [2.05, 4.69) is 9.88 Å². The molecule has 4 bridgehead atoms. The third-order valence-corrected chi connectivity index (χ3v) is 9.06. The van der Waals surface area contributed by atoms with Crippen LogP contribution in [0.5, 0.6) is 5.19 Å². The van der Waals surface area contributed by atoms with Crippen LogP contribution in [0.2, 0.25) is 5.02 Å². The van der Waals surface area contributed by atoms with Gasteiger partial charge in [-0.1, -0.05) is 29.0 Å². The van der Waals surface area contributed by atoms with Crippen LogP contribution in [0.15, 0.2) is 18.2 Å². The Kier molecular flexibility index (Phi) is 4.35. The summed E-state index contributed by atoms with van der Waals surface area (Å²) in [5.74, 6) is 2.91. The van der Waals surface area contributed by atoms with Gasteiger partial charge in [-0.05, 0) is 68.4 Å². The molecule has 1 amide bonds. The second-order valence-electron chi connectivity index (χ2n) is 9.87. The fourth-order valence-corrected chi connectivity index (χ4v) is 8.15. The first kappa shape index (κ1) is 18.4. The summed E-state index contributed by atoms with van der Waals surface area (Å²) in [4.78, 5) is 20.3. The molecule has 2 heterocycles. The molecule has 7 rings (SSSR count). The van der Waals surface area contributed by atoms with Gasteiger partial charge < -0.3 is 9.64 Å². The molecule has 0 radical (unpaired) electrons. The van der Waals surface area contributed by atoms with Gasteiger partial charge in [0, 0.05) is 25.9 Å². The number of carbonyl (C=O) groups is 1. The molecule has 0 unspecified atom stereocenters. The summed E-state index contributed by atoms with van der Waals surface area (Å²) in [5, 5.41) is 1.36. The monoisotopic (exact) mass is 430 g/mol. The molecule has 4 aliphatic carbocycles. The molecular formula is C23H27ClN2O2S. The SMILES string of the molecule is O=C(N1CCC(Oc2nc3c(Cl)cccc3s2)CC1)C12CC3CC(CC(C3)C1)C2. The van der Waals surface area contributed by atoms with E-state index in [0.29, 0.717) is 16.1 Å². The van der Waals surface area contributed by atoms with Crippen molar-refractivity contribution in [3.63, 3.8) is 0 Å². The van der Waals surface area contributed by atoms with E-state index in [1.54, 1.807) is 11.3 Å². The first-order valence-corrected chi connectivity index (χ1v) is 12.3. The molecule has 0 spiro atoms. The van der Waals surface area contributed by atoms with E-state index in [4.69, 9.17) is 16.3 Å². The molecule has 154 valence electrons. The zero-order valence-corrected chi connectivity index (χ0v) is 18.2. The minimum Gasteiger partial charge on any atom is -0.467 e. The minimum atomic E-state index is -0.0216. The number of likely N-dealkylation sites (tertiary alicyclic amines) is 1. The molecular weight excluding hydrogens is 404 g/mol. The zero-order valence-electron chi connectivity index (χ0n) is 16.6. The van der Waals surface area contributed by atoms with Gasteiger partial charge in [0.25, 0.3) is 5.19 Å². The second-order valence-corrected chi connectivity index (χ2v) is 11.3. The number of halogens is 1. The van der Waals surface area contributed by atoms with Gasteiger partial charge in [0.1, 0.15) is 11.6 Å². The second kappa shape index (κ2) is 6.84. The van der Waals surface area contributed by atoms with Crippen LogP contribution in [0.25, 0.3) is 10.2 Å². The highest BCUT2D eigenvalue weighted by Gasteiger charge is 2.55. The number of hydrogen-bond acceptors (Lipinski definition) is 4. The van der Waals surface area contributed by atoms with Crippen LogP contribution in [0.1, 0.15) is 51.4 Å². The summed E-state index contributed by atoms with van der Waals surface area (Å²) >= 11 is 7.79. The number of amides is 1. The zero-order chi connectivity index (χ0) is 19.6. The lowest BCUT2D eigenvalue weighted by atomic mass is 9.49. The number of hydrogen-bond donors (Lipinski definition) is 0. The molecule has 2 aromatic rings. The third kappa shape index (κ3) is 3.16. The fraction of sp³-hybridized carbons (Fsp3) is 0.652. The first-order chi connectivity index (χ1) is 14.1. The van der Waals surface area contributed by atoms with Gasteiger partial charge in [0.05, 0.1) is 15.1 Å². The van der Waals surface area contributed by atoms with Crippen LogP contribution in [0, 0.1) is 23.2 Å². The molecule has 6 heteroatoms. The van der Waals surface area contributed by atoms with Crippen molar-refractivity contribution in [2.24, 2.45) is 23.2 Å². The number of fused-ring (bicyclic) bond motifs is 1. The van der Waals surface area contributed by atoms with Gasteiger partial charge in [-0.3, -0.25) is 4.79 Å². The molecule has 29 heavy (non-hydrogen) atoms. The van der Waals surface area contributed by atoms with Gasteiger partial charge in [0.15, 0.2) is 0 Å². The Morgan fingerprint density at radius 1 is 1.10 bits per heavy atom. The summed E-state index contributed by atoms with van der Waals surface area (Å²) in [5.41, 5.74) is 0.801. The standard InChI is InChI=1S/C23H27ClN2O2S/c24-18-2-1-3-19-20(18)25-22(29-19)28-17-4-6-26(7-5-17)21(27)23-11-14-8-15(12-23)10-16(9-14)13-23/h1-3,14-17H,4-13H2. The molecule has 1 aromatic carbocycles. The number of rotatable bonds is 3. The van der Waals surface area contributed by atoms with Crippen LogP contribution < -0.4 is 4.74 Å². The Morgan fingerprint density at radius 2 is 1.76 bits per heavy atom. The van der Waals surface area contributed by atoms with Crippen LogP contribution in [-0.4, -0.2) is 35.0 Å². The predicted octanol–water partition coefficient (Wildman–Crippen LogP) is 5.54. The summed E-state index contributed by atoms with van der Waals surface area (Å²) in [6.07, 6.45) is 9.53. The van der Waals surface area contributed by atoms with Crippen LogP contribution in [-0.2, 0) is 4.79 Å². The smallest absolute Gasteiger partial charge is 0.274 e. The quantitative estimate of drug-likeness (QED) is 0.642. The Balaban J connectivity index is 1.10. The highest BCUT2D eigenvalue weighted by molar-refractivity contribution is 7.20. The van der Waals surface area contributed by atoms with E-state index in [1.807, 2.05) is 18.2 Å². The lowest BCUT2D eigenvalue weighted by molar-refractivity contribution is -0.159. The highest BCUT2D eigenvalue weighted by Crippen LogP contribution is 2.60. The number of ether oxygens (including phenoxy) is 1. The number of thiazole rings is 1. The Morgan fingerprint density at radius 3 is 2.38 bits per heavy atom. The largest absolute Gasteiger partial charge is 0.467 e. The normalized spacial score (nSPS) is 34.1. The fourth-order valence-electron chi connectivity index (χ4n) is 6.97. The number of aromatic nitrogens is 1. The molecule has 5 aliphatic rings. The molecule has 0 atom stereocenters. The summed E-state index contributed by atoms with van der Waals surface area (Å²) in [6, 6.07) is 5.83. The van der Waals surface area contributed by atoms with Crippen molar-refractivity contribution in [3.8, 4) is 5.19 Å². The average Bonchev–Trinajstić information content (AvgIpc) is 3.11. The molecule has 4 saturated carbocycles. The van der Waals surface area contributed by atoms with Gasteiger partial charge in [-0.15, -0.1) is 0 Å². The third-order valence-electron chi connectivity index (χ3n) is 7.84. The van der Waals surface area contributed by atoms with E-state index in [-0.39, 0.29) is 11.5 Å². The molecule has 1 aromatic heterocycles. The van der Waals surface area contributed by atoms with E-state index in [9.17, 15) is 4.79 Å². The van der Waals surface area contributed by atoms with Crippen molar-refractivity contribution >= 4 is 39.1 Å². The van der Waals surface area contributed by atoms with Crippen LogP contribution in [0.4, 0.5) is 0 Å². The number of para-hydroxylation sites is 1. The maximum absolute atomic E-state index is 13.5. The lowest BCUT2D eigenvalue weighted by Gasteiger charge is -2.57. The summed E-state index contributed by atoms with van der Waals surface area (Å²) in [7, 11) is 0. The molecule has 1 saturated heterocycles. The molecule has 0 N–H and O–H groups in total. The van der Waals surface area contributed by atoms with Crippen molar-refractivity contribution in [1.29, 1.82) is 0 Å². The Labute approximate surface area is 180 Å². The maximum atomic E-state index is 13.5. The van der Waals surface area contributed by atoms with Crippen LogP contribution in [0.3, 0.4) is 0 Å². The van der Waals surface area contributed by atoms with E-state index >= 15 is 0 Å². The van der Waals surface area contributed by atoms with Crippen molar-refractivity contribution in [3.05, 3.63) is 23.2 Å². The average molecular weight is 431 g/mol. The van der Waals surface area contributed by atoms with Crippen molar-refractivity contribution < 1.29 is 9.53 Å². The van der Waals surface area contributed by atoms with E-state index in [0.717, 1.165) is 73.2 Å². The number of benzene rings is 1. The van der Waals surface area contributed by atoms with Crippen molar-refractivity contribution in [1.82, 2.24) is 9.88 Å². The molecule has 1 aliphatic heterocycles. The predicted molar refractivity (Wildman–Crippen MR) is 115 cm³/mol. The highest BCUT2D eigenvalue weighted by atomic mass is 35.5. The van der Waals surface area contributed by atoms with Crippen molar-refractivity contribution in [2.45, 2.75) is 57.5 Å². The van der Waals surface area contributed by atoms with Crippen molar-refractivity contribution in [2.75, 3.05) is 13.1 Å². The minimum absolute atomic E-state index is 0.0216. The Hall–Kier alpha value is -1.33. The number of piperidine rings is 1. The maximum Gasteiger partial charge on any atom is 0.274 e. The summed E-state index contributed by atoms with van der Waals surface area (Å²) in [6.45, 7) is 1.63.